The van der Waals surface area contributed by atoms with Gasteiger partial charge in [-0.1, -0.05) is 0 Å². The summed E-state index contributed by atoms with van der Waals surface area (Å²) in [4.78, 5) is 65.0. The average molecular weight is 621 g/mol. The first kappa shape index (κ1) is 33.9. The highest BCUT2D eigenvalue weighted by Gasteiger charge is 2.32. The topological polar surface area (TPSA) is 126 Å². The summed E-state index contributed by atoms with van der Waals surface area (Å²) < 4.78 is 51.8. The molecule has 4 amide bonds. The SMILES string of the molecule is COC(=O)c1ccc(C(=O)N2CCN(C(C)=O)N(C(=O)C[C@@H](Cc3cc(F)c(F)cc3F)NC(=O)OC(C)(C)C)CC2)cc1. The Bertz CT molecular complexity index is 1410. The second-order valence-electron chi connectivity index (χ2n) is 11.1. The number of hydrogen-bond acceptors (Lipinski definition) is 7. The van der Waals surface area contributed by atoms with Crippen LogP contribution < -0.4 is 5.32 Å². The molecule has 1 N–H and O–H groups in total. The molecule has 1 aliphatic heterocycles. The summed E-state index contributed by atoms with van der Waals surface area (Å²) >= 11 is 0. The van der Waals surface area contributed by atoms with Crippen LogP contribution in [0.3, 0.4) is 0 Å². The van der Waals surface area contributed by atoms with Crippen molar-refractivity contribution in [3.05, 3.63) is 70.5 Å². The summed E-state index contributed by atoms with van der Waals surface area (Å²) in [5, 5.41) is 4.79. The molecule has 0 aliphatic carbocycles. The summed E-state index contributed by atoms with van der Waals surface area (Å²) in [6, 6.07) is 5.71. The minimum Gasteiger partial charge on any atom is -0.465 e. The molecule has 14 heteroatoms. The zero-order chi connectivity index (χ0) is 32.8. The van der Waals surface area contributed by atoms with Crippen molar-refractivity contribution in [2.75, 3.05) is 33.3 Å². The highest BCUT2D eigenvalue weighted by atomic mass is 19.2. The number of esters is 1. The van der Waals surface area contributed by atoms with Crippen molar-refractivity contribution in [1.29, 1.82) is 0 Å². The van der Waals surface area contributed by atoms with Crippen molar-refractivity contribution in [2.45, 2.75) is 52.2 Å². The van der Waals surface area contributed by atoms with Crippen LogP contribution in [0, 0.1) is 17.5 Å². The van der Waals surface area contributed by atoms with E-state index in [2.05, 4.69) is 10.1 Å². The zero-order valence-electron chi connectivity index (χ0n) is 25.1. The van der Waals surface area contributed by atoms with Crippen LogP contribution in [-0.2, 0) is 25.5 Å². The molecular weight excluding hydrogens is 585 g/mol. The van der Waals surface area contributed by atoms with E-state index >= 15 is 0 Å². The van der Waals surface area contributed by atoms with Gasteiger partial charge in [-0.05, 0) is 63.1 Å². The minimum absolute atomic E-state index is 0.0327. The maximum Gasteiger partial charge on any atom is 0.407 e. The predicted octanol–water partition coefficient (Wildman–Crippen LogP) is 3.46. The summed E-state index contributed by atoms with van der Waals surface area (Å²) in [6.07, 6.45) is -1.79. The van der Waals surface area contributed by atoms with E-state index in [4.69, 9.17) is 4.74 Å². The Kier molecular flexibility index (Phi) is 11.0. The van der Waals surface area contributed by atoms with Crippen LogP contribution in [0.2, 0.25) is 0 Å². The molecule has 0 spiro atoms. The van der Waals surface area contributed by atoms with Gasteiger partial charge >= 0.3 is 12.1 Å². The molecule has 0 unspecified atom stereocenters. The number of benzene rings is 2. The molecule has 0 radical (unpaired) electrons. The first-order valence-corrected chi connectivity index (χ1v) is 13.8. The largest absolute Gasteiger partial charge is 0.465 e. The standard InChI is InChI=1S/C30H35F3N4O7/c1-18(38)36-12-10-35(27(40)19-6-8-20(9-7-19)28(41)43-5)11-13-37(36)26(39)16-22(34-29(42)44-30(2,3)4)14-21-15-24(32)25(33)17-23(21)31/h6-9,15,17,22H,10-14,16H2,1-5H3,(H,34,42)/t22-/m1/s1. The van der Waals surface area contributed by atoms with Crippen molar-refractivity contribution in [3.8, 4) is 0 Å². The van der Waals surface area contributed by atoms with Gasteiger partial charge in [0.25, 0.3) is 5.91 Å². The first-order chi connectivity index (χ1) is 20.6. The van der Waals surface area contributed by atoms with E-state index in [9.17, 15) is 37.1 Å². The fourth-order valence-electron chi connectivity index (χ4n) is 4.57. The Morgan fingerprint density at radius 1 is 0.864 bits per heavy atom. The molecule has 2 aromatic rings. The average Bonchev–Trinajstić information content (AvgIpc) is 3.17. The third-order valence-corrected chi connectivity index (χ3v) is 6.64. The van der Waals surface area contributed by atoms with E-state index < -0.39 is 71.7 Å². The van der Waals surface area contributed by atoms with Crippen molar-refractivity contribution in [2.24, 2.45) is 0 Å². The molecule has 1 aliphatic rings. The molecule has 238 valence electrons. The fourth-order valence-corrected chi connectivity index (χ4v) is 4.57. The number of amides is 4. The number of carbonyl (C=O) groups is 5. The molecule has 11 nitrogen and oxygen atoms in total. The Hall–Kier alpha value is -4.62. The lowest BCUT2D eigenvalue weighted by Crippen LogP contribution is -2.52. The van der Waals surface area contributed by atoms with Crippen molar-refractivity contribution in [3.63, 3.8) is 0 Å². The smallest absolute Gasteiger partial charge is 0.407 e. The molecule has 0 aromatic heterocycles. The Morgan fingerprint density at radius 3 is 2.00 bits per heavy atom. The number of alkyl carbamates (subject to hydrolysis) is 1. The van der Waals surface area contributed by atoms with Crippen LogP contribution in [0.25, 0.3) is 0 Å². The molecule has 0 saturated carbocycles. The van der Waals surface area contributed by atoms with Gasteiger partial charge in [-0.25, -0.2) is 32.8 Å². The zero-order valence-corrected chi connectivity index (χ0v) is 25.1. The molecule has 0 bridgehead atoms. The summed E-state index contributed by atoms with van der Waals surface area (Å²) in [7, 11) is 1.24. The van der Waals surface area contributed by atoms with Crippen LogP contribution in [0.1, 0.15) is 60.4 Å². The van der Waals surface area contributed by atoms with Gasteiger partial charge in [-0.3, -0.25) is 14.4 Å². The van der Waals surface area contributed by atoms with Gasteiger partial charge in [0.1, 0.15) is 11.4 Å². The van der Waals surface area contributed by atoms with Gasteiger partial charge in [0.2, 0.25) is 11.8 Å². The number of nitrogens with one attached hydrogen (secondary N) is 1. The van der Waals surface area contributed by atoms with Gasteiger partial charge < -0.3 is 19.7 Å². The van der Waals surface area contributed by atoms with Crippen LogP contribution in [0.5, 0.6) is 0 Å². The maximum atomic E-state index is 14.5. The number of carbonyl (C=O) groups excluding carboxylic acids is 5. The van der Waals surface area contributed by atoms with E-state index in [0.29, 0.717) is 12.1 Å². The highest BCUT2D eigenvalue weighted by molar-refractivity contribution is 5.96. The maximum absolute atomic E-state index is 14.5. The summed E-state index contributed by atoms with van der Waals surface area (Å²) in [5.74, 6) is -5.85. The van der Waals surface area contributed by atoms with Crippen LogP contribution in [0.15, 0.2) is 36.4 Å². The third kappa shape index (κ3) is 8.94. The molecule has 1 heterocycles. The van der Waals surface area contributed by atoms with Crippen LogP contribution in [-0.4, -0.2) is 89.6 Å². The lowest BCUT2D eigenvalue weighted by atomic mass is 10.0. The number of methoxy groups -OCH3 is 1. The van der Waals surface area contributed by atoms with E-state index in [0.717, 1.165) is 5.01 Å². The highest BCUT2D eigenvalue weighted by Crippen LogP contribution is 2.19. The number of hydrazine groups is 1. The second kappa shape index (κ2) is 14.2. The monoisotopic (exact) mass is 620 g/mol. The predicted molar refractivity (Wildman–Crippen MR) is 151 cm³/mol. The van der Waals surface area contributed by atoms with Gasteiger partial charge in [-0.2, -0.15) is 0 Å². The number of ether oxygens (including phenoxy) is 2. The Morgan fingerprint density at radius 2 is 1.43 bits per heavy atom. The van der Waals surface area contributed by atoms with Crippen molar-refractivity contribution < 1.29 is 46.6 Å². The summed E-state index contributed by atoms with van der Waals surface area (Å²) in [6.45, 7) is 6.09. The molecule has 44 heavy (non-hydrogen) atoms. The van der Waals surface area contributed by atoms with E-state index in [1.807, 2.05) is 0 Å². The van der Waals surface area contributed by atoms with Gasteiger partial charge in [0.05, 0.1) is 25.8 Å². The number of nitrogens with zero attached hydrogens (tertiary/aromatic N) is 3. The normalized spacial score (nSPS) is 14.4. The quantitative estimate of drug-likeness (QED) is 0.371. The van der Waals surface area contributed by atoms with Gasteiger partial charge in [0.15, 0.2) is 11.6 Å². The molecular formula is C30H35F3N4O7. The van der Waals surface area contributed by atoms with Crippen molar-refractivity contribution >= 4 is 29.8 Å². The molecule has 3 rings (SSSR count). The fraction of sp³-hybridized carbons (Fsp3) is 0.433. The van der Waals surface area contributed by atoms with E-state index in [1.165, 1.54) is 48.2 Å². The molecule has 1 fully saturated rings. The minimum atomic E-state index is -1.39. The van der Waals surface area contributed by atoms with Crippen LogP contribution in [0.4, 0.5) is 18.0 Å². The van der Waals surface area contributed by atoms with Crippen molar-refractivity contribution in [1.82, 2.24) is 20.2 Å². The van der Waals surface area contributed by atoms with Gasteiger partial charge in [-0.15, -0.1) is 0 Å². The van der Waals surface area contributed by atoms with E-state index in [-0.39, 0.29) is 42.9 Å². The second-order valence-corrected chi connectivity index (χ2v) is 11.1. The number of rotatable bonds is 7. The first-order valence-electron chi connectivity index (χ1n) is 13.8. The molecule has 2 aromatic carbocycles. The third-order valence-electron chi connectivity index (χ3n) is 6.64. The van der Waals surface area contributed by atoms with E-state index in [1.54, 1.807) is 20.8 Å². The molecule has 1 atom stereocenters. The number of hydrogen-bond donors (Lipinski definition) is 1. The number of halogens is 3. The Labute approximate surface area is 252 Å². The van der Waals surface area contributed by atoms with Crippen LogP contribution >= 0.6 is 0 Å². The van der Waals surface area contributed by atoms with Gasteiger partial charge in [0, 0.05) is 44.1 Å². The molecule has 1 saturated heterocycles. The summed E-state index contributed by atoms with van der Waals surface area (Å²) in [5.41, 5.74) is -0.649. The lowest BCUT2D eigenvalue weighted by molar-refractivity contribution is -0.161. The Balaban J connectivity index is 1.80. The lowest BCUT2D eigenvalue weighted by Gasteiger charge is -2.33.